The van der Waals surface area contributed by atoms with Gasteiger partial charge in [0.2, 0.25) is 0 Å². The molecule has 0 heterocycles. The van der Waals surface area contributed by atoms with Crippen molar-refractivity contribution in [1.82, 2.24) is 0 Å². The van der Waals surface area contributed by atoms with Gasteiger partial charge in [-0.25, -0.2) is 0 Å². The summed E-state index contributed by atoms with van der Waals surface area (Å²) in [4.78, 5) is 0. The Kier molecular flexibility index (Phi) is 3.39. The van der Waals surface area contributed by atoms with E-state index in [1.165, 1.54) is 5.57 Å². The zero-order valence-electron chi connectivity index (χ0n) is 5.15. The van der Waals surface area contributed by atoms with Crippen LogP contribution in [0.15, 0.2) is 17.7 Å². The molecule has 0 rings (SSSR count). The van der Waals surface area contributed by atoms with E-state index in [0.717, 1.165) is 0 Å². The standard InChI is InChI=1S/C7H11/c1-4-6-7(3)5-2/h5-6H,1-3H3. The third kappa shape index (κ3) is 3.31. The van der Waals surface area contributed by atoms with Crippen LogP contribution in [0, 0.1) is 6.08 Å². The van der Waals surface area contributed by atoms with Gasteiger partial charge in [-0.3, -0.25) is 0 Å². The first-order chi connectivity index (χ1) is 3.31. The highest BCUT2D eigenvalue weighted by atomic mass is 13.8. The maximum atomic E-state index is 2.93. The quantitative estimate of drug-likeness (QED) is 0.438. The van der Waals surface area contributed by atoms with Crippen LogP contribution >= 0.6 is 0 Å². The van der Waals surface area contributed by atoms with Gasteiger partial charge in [-0.1, -0.05) is 17.7 Å². The van der Waals surface area contributed by atoms with E-state index >= 15 is 0 Å². The van der Waals surface area contributed by atoms with E-state index in [4.69, 9.17) is 0 Å². The molecule has 0 aromatic heterocycles. The molecule has 0 N–H and O–H groups in total. The fourth-order valence-electron chi connectivity index (χ4n) is 0.311. The van der Waals surface area contributed by atoms with E-state index in [9.17, 15) is 0 Å². The average molecular weight is 95.2 g/mol. The minimum Gasteiger partial charge on any atom is -0.0847 e. The number of hydrogen-bond donors (Lipinski definition) is 0. The summed E-state index contributed by atoms with van der Waals surface area (Å²) in [5.41, 5.74) is 1.27. The number of allylic oxidation sites excluding steroid dienone is 4. The summed E-state index contributed by atoms with van der Waals surface area (Å²) in [7, 11) is 0. The van der Waals surface area contributed by atoms with Gasteiger partial charge in [0.25, 0.3) is 0 Å². The molecule has 0 amide bonds. The zero-order chi connectivity index (χ0) is 5.70. The van der Waals surface area contributed by atoms with Crippen LogP contribution < -0.4 is 0 Å². The van der Waals surface area contributed by atoms with Crippen LogP contribution in [0.5, 0.6) is 0 Å². The smallest absolute Gasteiger partial charge is 0.0395 e. The normalized spacial score (nSPS) is 13.3. The molecule has 0 fully saturated rings. The van der Waals surface area contributed by atoms with Crippen molar-refractivity contribution in [1.29, 1.82) is 0 Å². The van der Waals surface area contributed by atoms with Crippen molar-refractivity contribution in [3.8, 4) is 0 Å². The lowest BCUT2D eigenvalue weighted by Crippen LogP contribution is -1.60. The molecule has 0 spiro atoms. The second kappa shape index (κ2) is 3.66. The molecule has 39 valence electrons. The summed E-state index contributed by atoms with van der Waals surface area (Å²) in [6.07, 6.45) is 6.94. The zero-order valence-corrected chi connectivity index (χ0v) is 5.15. The first kappa shape index (κ1) is 6.48. The van der Waals surface area contributed by atoms with E-state index in [1.54, 1.807) is 0 Å². The molecule has 0 atom stereocenters. The van der Waals surface area contributed by atoms with E-state index < -0.39 is 0 Å². The maximum Gasteiger partial charge on any atom is -0.0395 e. The topological polar surface area (TPSA) is 0 Å². The molecule has 0 heteroatoms. The fourth-order valence-corrected chi connectivity index (χ4v) is 0.311. The van der Waals surface area contributed by atoms with Gasteiger partial charge in [-0.05, 0) is 26.8 Å². The second-order valence-electron chi connectivity index (χ2n) is 1.47. The summed E-state index contributed by atoms with van der Waals surface area (Å²) in [5.74, 6) is 0. The summed E-state index contributed by atoms with van der Waals surface area (Å²) in [6.45, 7) is 5.96. The molecule has 0 aromatic rings. The molecule has 0 aliphatic heterocycles. The van der Waals surface area contributed by atoms with Crippen LogP contribution in [0.3, 0.4) is 0 Å². The molecule has 7 heavy (non-hydrogen) atoms. The van der Waals surface area contributed by atoms with Crippen LogP contribution in [0.2, 0.25) is 0 Å². The van der Waals surface area contributed by atoms with Crippen LogP contribution in [0.25, 0.3) is 0 Å². The van der Waals surface area contributed by atoms with Crippen LogP contribution in [-0.2, 0) is 0 Å². The second-order valence-corrected chi connectivity index (χ2v) is 1.47. The molecule has 0 bridgehead atoms. The molecular weight excluding hydrogens is 84.1 g/mol. The van der Waals surface area contributed by atoms with Gasteiger partial charge < -0.3 is 0 Å². The Hall–Kier alpha value is -0.520. The van der Waals surface area contributed by atoms with Gasteiger partial charge in [-0.15, -0.1) is 0 Å². The first-order valence-corrected chi connectivity index (χ1v) is 2.44. The Morgan fingerprint density at radius 1 is 1.57 bits per heavy atom. The van der Waals surface area contributed by atoms with Crippen LogP contribution in [0.1, 0.15) is 20.8 Å². The predicted molar refractivity (Wildman–Crippen MR) is 32.9 cm³/mol. The van der Waals surface area contributed by atoms with Crippen molar-refractivity contribution in [2.45, 2.75) is 20.8 Å². The minimum absolute atomic E-state index is 1.27. The van der Waals surface area contributed by atoms with Gasteiger partial charge in [-0.2, -0.15) is 0 Å². The Morgan fingerprint density at radius 3 is 2.29 bits per heavy atom. The van der Waals surface area contributed by atoms with Crippen molar-refractivity contribution in [2.75, 3.05) is 0 Å². The molecule has 0 unspecified atom stereocenters. The molecule has 0 saturated carbocycles. The highest BCUT2D eigenvalue weighted by molar-refractivity contribution is 5.11. The van der Waals surface area contributed by atoms with Crippen molar-refractivity contribution in [3.63, 3.8) is 0 Å². The van der Waals surface area contributed by atoms with E-state index in [-0.39, 0.29) is 0 Å². The van der Waals surface area contributed by atoms with Gasteiger partial charge in [0.15, 0.2) is 0 Å². The van der Waals surface area contributed by atoms with E-state index in [1.807, 2.05) is 19.9 Å². The van der Waals surface area contributed by atoms with Crippen molar-refractivity contribution in [3.05, 3.63) is 23.8 Å². The summed E-state index contributed by atoms with van der Waals surface area (Å²) < 4.78 is 0. The predicted octanol–water partition coefficient (Wildman–Crippen LogP) is 2.33. The van der Waals surface area contributed by atoms with Crippen LogP contribution in [-0.4, -0.2) is 0 Å². The summed E-state index contributed by atoms with van der Waals surface area (Å²) >= 11 is 0. The molecule has 1 radical (unpaired) electrons. The average Bonchev–Trinajstić information content (AvgIpc) is 1.68. The first-order valence-electron chi connectivity index (χ1n) is 2.44. The molecular formula is C7H11. The van der Waals surface area contributed by atoms with E-state index in [2.05, 4.69) is 19.1 Å². The fraction of sp³-hybridized carbons (Fsp3) is 0.429. The summed E-state index contributed by atoms with van der Waals surface area (Å²) in [5, 5.41) is 0. The number of hydrogen-bond acceptors (Lipinski definition) is 0. The molecule has 0 nitrogen and oxygen atoms in total. The molecule has 0 aliphatic rings. The Labute approximate surface area is 45.5 Å². The van der Waals surface area contributed by atoms with Crippen molar-refractivity contribution >= 4 is 0 Å². The van der Waals surface area contributed by atoms with Gasteiger partial charge in [0, 0.05) is 0 Å². The van der Waals surface area contributed by atoms with Crippen molar-refractivity contribution in [2.24, 2.45) is 0 Å². The third-order valence-electron chi connectivity index (χ3n) is 0.827. The van der Waals surface area contributed by atoms with Crippen molar-refractivity contribution < 1.29 is 0 Å². The van der Waals surface area contributed by atoms with Gasteiger partial charge in [0.1, 0.15) is 0 Å². The SMILES string of the molecule is C[C]=CC(C)=CC. The largest absolute Gasteiger partial charge is 0.0847 e. The molecule has 0 saturated heterocycles. The molecule has 0 aliphatic carbocycles. The Bertz CT molecular complexity index is 86.2. The summed E-state index contributed by atoms with van der Waals surface area (Å²) in [6, 6.07) is 0. The molecule has 0 aromatic carbocycles. The minimum atomic E-state index is 1.27. The highest BCUT2D eigenvalue weighted by Gasteiger charge is 1.70. The lowest BCUT2D eigenvalue weighted by molar-refractivity contribution is 1.45. The van der Waals surface area contributed by atoms with Crippen LogP contribution in [0.4, 0.5) is 0 Å². The Morgan fingerprint density at radius 2 is 2.14 bits per heavy atom. The lowest BCUT2D eigenvalue weighted by Gasteiger charge is -1.81. The maximum absolute atomic E-state index is 2.93. The third-order valence-corrected chi connectivity index (χ3v) is 0.827. The van der Waals surface area contributed by atoms with Gasteiger partial charge >= 0.3 is 0 Å². The van der Waals surface area contributed by atoms with E-state index in [0.29, 0.717) is 0 Å². The highest BCUT2D eigenvalue weighted by Crippen LogP contribution is 1.90. The monoisotopic (exact) mass is 95.1 g/mol. The lowest BCUT2D eigenvalue weighted by atomic mass is 10.3. The van der Waals surface area contributed by atoms with Gasteiger partial charge in [0.05, 0.1) is 0 Å². The Balaban J connectivity index is 3.58. The number of rotatable bonds is 1.